The molecule has 3 heterocycles. The third-order valence-corrected chi connectivity index (χ3v) is 9.38. The van der Waals surface area contributed by atoms with Gasteiger partial charge in [0.15, 0.2) is 6.29 Å². The van der Waals surface area contributed by atoms with Crippen LogP contribution in [0.25, 0.3) is 11.1 Å². The maximum Gasteiger partial charge on any atom is 0.184 e. The zero-order valence-electron chi connectivity index (χ0n) is 24.3. The van der Waals surface area contributed by atoms with Crippen molar-refractivity contribution in [1.82, 2.24) is 9.80 Å². The number of aliphatic hydroxyl groups is 1. The quantitative estimate of drug-likeness (QED) is 0.355. The van der Waals surface area contributed by atoms with Gasteiger partial charge in [0.2, 0.25) is 0 Å². The van der Waals surface area contributed by atoms with Gasteiger partial charge in [-0.2, -0.15) is 0 Å². The van der Waals surface area contributed by atoms with Crippen molar-refractivity contribution >= 4 is 0 Å². The Kier molecular flexibility index (Phi) is 9.16. The van der Waals surface area contributed by atoms with E-state index in [1.807, 2.05) is 12.1 Å². The molecular weight excluding hydrogens is 510 g/mol. The molecule has 0 bridgehead atoms. The van der Waals surface area contributed by atoms with Crippen molar-refractivity contribution in [2.45, 2.75) is 70.3 Å². The van der Waals surface area contributed by atoms with Gasteiger partial charge in [0.25, 0.3) is 0 Å². The van der Waals surface area contributed by atoms with Crippen LogP contribution in [0.5, 0.6) is 0 Å². The van der Waals surface area contributed by atoms with Gasteiger partial charge in [0.05, 0.1) is 18.8 Å². The summed E-state index contributed by atoms with van der Waals surface area (Å²) in [5, 5.41) is 9.58. The first kappa shape index (κ1) is 28.5. The molecule has 0 amide bonds. The van der Waals surface area contributed by atoms with E-state index < -0.39 is 6.29 Å². The molecule has 5 atom stereocenters. The Morgan fingerprint density at radius 1 is 0.805 bits per heavy atom. The molecule has 41 heavy (non-hydrogen) atoms. The Bertz CT molecular complexity index is 1260. The molecule has 218 valence electrons. The van der Waals surface area contributed by atoms with Crippen LogP contribution in [0.15, 0.2) is 72.8 Å². The van der Waals surface area contributed by atoms with Gasteiger partial charge >= 0.3 is 0 Å². The highest BCUT2D eigenvalue weighted by Crippen LogP contribution is 2.42. The van der Waals surface area contributed by atoms with E-state index in [4.69, 9.17) is 15.2 Å². The fraction of sp³-hybridized carbons (Fsp3) is 0.486. The standard InChI is InChI=1S/C35H45N3O3/c1-25-33(23-38-19-5-8-32(38)22-37-17-2-3-18-37)40-35(41-34(25)29-11-9-26(24-39)10-12-29)30-15-13-28(14-16-30)31-7-4-6-27(20-31)21-36/h4,6-7,9-16,20,25,32-35,39H,2-3,5,8,17-19,21-24,36H2,1H3/t25-,32+,33+,34+,35+/m1/s1. The van der Waals surface area contributed by atoms with Crippen LogP contribution in [0.2, 0.25) is 0 Å². The molecule has 6 rings (SSSR count). The minimum Gasteiger partial charge on any atom is -0.392 e. The largest absolute Gasteiger partial charge is 0.392 e. The number of hydrogen-bond acceptors (Lipinski definition) is 6. The van der Waals surface area contributed by atoms with E-state index in [1.54, 1.807) is 0 Å². The molecule has 0 unspecified atom stereocenters. The van der Waals surface area contributed by atoms with Gasteiger partial charge < -0.3 is 25.2 Å². The lowest BCUT2D eigenvalue weighted by Crippen LogP contribution is -2.48. The highest BCUT2D eigenvalue weighted by molar-refractivity contribution is 5.64. The molecule has 3 fully saturated rings. The number of hydrogen-bond donors (Lipinski definition) is 2. The van der Waals surface area contributed by atoms with E-state index in [1.165, 1.54) is 45.3 Å². The van der Waals surface area contributed by atoms with Gasteiger partial charge in [-0.3, -0.25) is 4.90 Å². The molecule has 6 nitrogen and oxygen atoms in total. The topological polar surface area (TPSA) is 71.2 Å². The highest BCUT2D eigenvalue weighted by Gasteiger charge is 2.40. The van der Waals surface area contributed by atoms with Gasteiger partial charge in [0.1, 0.15) is 0 Å². The smallest absolute Gasteiger partial charge is 0.184 e. The van der Waals surface area contributed by atoms with Crippen LogP contribution in [0.4, 0.5) is 0 Å². The molecule has 3 N–H and O–H groups in total. The first-order valence-electron chi connectivity index (χ1n) is 15.5. The Hall–Kier alpha value is -2.58. The van der Waals surface area contributed by atoms with Crippen LogP contribution in [0, 0.1) is 5.92 Å². The van der Waals surface area contributed by atoms with Crippen molar-refractivity contribution in [2.24, 2.45) is 11.7 Å². The van der Waals surface area contributed by atoms with E-state index >= 15 is 0 Å². The average molecular weight is 556 g/mol. The van der Waals surface area contributed by atoms with Gasteiger partial charge in [-0.05, 0) is 79.2 Å². The molecular formula is C35H45N3O3. The van der Waals surface area contributed by atoms with Crippen LogP contribution < -0.4 is 5.73 Å². The summed E-state index contributed by atoms with van der Waals surface area (Å²) in [6.07, 6.45) is 4.73. The normalized spacial score (nSPS) is 27.4. The van der Waals surface area contributed by atoms with Crippen molar-refractivity contribution < 1.29 is 14.6 Å². The lowest BCUT2D eigenvalue weighted by atomic mass is 9.89. The summed E-state index contributed by atoms with van der Waals surface area (Å²) < 4.78 is 13.5. The zero-order valence-corrected chi connectivity index (χ0v) is 24.3. The van der Waals surface area contributed by atoms with Crippen LogP contribution in [0.3, 0.4) is 0 Å². The second-order valence-electron chi connectivity index (χ2n) is 12.1. The Labute approximate surface area is 245 Å². The number of likely N-dealkylation sites (tertiary alicyclic amines) is 2. The average Bonchev–Trinajstić information content (AvgIpc) is 3.71. The number of rotatable bonds is 9. The van der Waals surface area contributed by atoms with Crippen LogP contribution >= 0.6 is 0 Å². The molecule has 3 aromatic carbocycles. The molecule has 0 radical (unpaired) electrons. The Morgan fingerprint density at radius 3 is 2.29 bits per heavy atom. The van der Waals surface area contributed by atoms with Gasteiger partial charge in [-0.15, -0.1) is 0 Å². The number of benzene rings is 3. The fourth-order valence-electron chi connectivity index (χ4n) is 6.88. The van der Waals surface area contributed by atoms with Crippen LogP contribution in [-0.2, 0) is 22.6 Å². The molecule has 3 saturated heterocycles. The lowest BCUT2D eigenvalue weighted by Gasteiger charge is -2.43. The number of aliphatic hydroxyl groups excluding tert-OH is 1. The van der Waals surface area contributed by atoms with Crippen molar-refractivity contribution in [3.05, 3.63) is 95.1 Å². The van der Waals surface area contributed by atoms with Gasteiger partial charge in [-0.1, -0.05) is 73.7 Å². The first-order chi connectivity index (χ1) is 20.1. The first-order valence-corrected chi connectivity index (χ1v) is 15.5. The van der Waals surface area contributed by atoms with Crippen molar-refractivity contribution in [1.29, 1.82) is 0 Å². The predicted octanol–water partition coefficient (Wildman–Crippen LogP) is 5.66. The van der Waals surface area contributed by atoms with E-state index in [2.05, 4.69) is 77.4 Å². The number of nitrogens with two attached hydrogens (primary N) is 1. The zero-order chi connectivity index (χ0) is 28.2. The summed E-state index contributed by atoms with van der Waals surface area (Å²) in [6.45, 7) is 8.59. The molecule has 3 aliphatic rings. The second kappa shape index (κ2) is 13.2. The fourth-order valence-corrected chi connectivity index (χ4v) is 6.88. The molecule has 0 spiro atoms. The van der Waals surface area contributed by atoms with E-state index in [0.29, 0.717) is 12.6 Å². The summed E-state index contributed by atoms with van der Waals surface area (Å²) >= 11 is 0. The summed E-state index contributed by atoms with van der Waals surface area (Å²) in [4.78, 5) is 5.33. The third kappa shape index (κ3) is 6.59. The molecule has 3 aromatic rings. The number of ether oxygens (including phenoxy) is 2. The molecule has 0 saturated carbocycles. The van der Waals surface area contributed by atoms with Gasteiger partial charge in [0, 0.05) is 37.2 Å². The summed E-state index contributed by atoms with van der Waals surface area (Å²) in [6, 6.07) is 25.8. The minimum absolute atomic E-state index is 0.0453. The summed E-state index contributed by atoms with van der Waals surface area (Å²) in [5.74, 6) is 0.192. The Balaban J connectivity index is 1.23. The molecule has 0 aromatic heterocycles. The predicted molar refractivity (Wildman–Crippen MR) is 163 cm³/mol. The van der Waals surface area contributed by atoms with Crippen molar-refractivity contribution in [2.75, 3.05) is 32.7 Å². The second-order valence-corrected chi connectivity index (χ2v) is 12.1. The van der Waals surface area contributed by atoms with Crippen LogP contribution in [-0.4, -0.2) is 59.8 Å². The minimum atomic E-state index is -0.442. The number of nitrogens with zero attached hydrogens (tertiary/aromatic N) is 2. The maximum atomic E-state index is 9.58. The van der Waals surface area contributed by atoms with Crippen molar-refractivity contribution in [3.63, 3.8) is 0 Å². The van der Waals surface area contributed by atoms with Crippen LogP contribution in [0.1, 0.15) is 67.3 Å². The van der Waals surface area contributed by atoms with Gasteiger partial charge in [-0.25, -0.2) is 0 Å². The third-order valence-electron chi connectivity index (χ3n) is 9.38. The molecule has 6 heteroatoms. The monoisotopic (exact) mass is 555 g/mol. The van der Waals surface area contributed by atoms with E-state index in [0.717, 1.165) is 46.5 Å². The maximum absolute atomic E-state index is 9.58. The molecule has 0 aliphatic carbocycles. The SMILES string of the molecule is C[C@@H]1[C@H](CN2CCC[C@H]2CN2CCCC2)O[C@H](c2ccc(-c3cccc(CN)c3)cc2)O[C@@H]1c1ccc(CO)cc1. The summed E-state index contributed by atoms with van der Waals surface area (Å²) in [7, 11) is 0. The van der Waals surface area contributed by atoms with E-state index in [9.17, 15) is 5.11 Å². The van der Waals surface area contributed by atoms with Crippen molar-refractivity contribution in [3.8, 4) is 11.1 Å². The summed E-state index contributed by atoms with van der Waals surface area (Å²) in [5.41, 5.74) is 12.4. The highest BCUT2D eigenvalue weighted by atomic mass is 16.7. The van der Waals surface area contributed by atoms with E-state index in [-0.39, 0.29) is 24.7 Å². The molecule has 3 aliphatic heterocycles. The lowest BCUT2D eigenvalue weighted by molar-refractivity contribution is -0.276. The Morgan fingerprint density at radius 2 is 1.56 bits per heavy atom.